The average molecular weight is 703 g/mol. The minimum Gasteiger partial charge on any atom is -0.350 e. The van der Waals surface area contributed by atoms with Crippen LogP contribution in [0.2, 0.25) is 0 Å². The van der Waals surface area contributed by atoms with Crippen LogP contribution in [0.1, 0.15) is 115 Å². The first kappa shape index (κ1) is 40.9. The summed E-state index contributed by atoms with van der Waals surface area (Å²) >= 11 is 0. The summed E-state index contributed by atoms with van der Waals surface area (Å²) in [4.78, 5) is 96.3. The van der Waals surface area contributed by atoms with E-state index in [2.05, 4.69) is 35.1 Å². The second-order valence-corrected chi connectivity index (χ2v) is 18.1. The molecular formula is C37H62N6O7. The normalized spacial score (nSPS) is 24.4. The molecule has 0 radical (unpaired) electrons. The van der Waals surface area contributed by atoms with Gasteiger partial charge in [0.05, 0.1) is 12.1 Å². The third kappa shape index (κ3) is 9.23. The molecule has 13 heteroatoms. The lowest BCUT2D eigenvalue weighted by Gasteiger charge is -2.40. The molecule has 50 heavy (non-hydrogen) atoms. The molecule has 3 aliphatic rings. The van der Waals surface area contributed by atoms with E-state index in [1.54, 1.807) is 6.92 Å². The van der Waals surface area contributed by atoms with Crippen LogP contribution in [0.25, 0.3) is 0 Å². The number of hydrogen-bond donors (Lipinski definition) is 4. The number of ketones is 1. The van der Waals surface area contributed by atoms with Crippen molar-refractivity contribution in [1.82, 2.24) is 31.1 Å². The zero-order chi connectivity index (χ0) is 38.1. The Hall–Kier alpha value is -3.51. The van der Waals surface area contributed by atoms with Crippen LogP contribution >= 0.6 is 0 Å². The van der Waals surface area contributed by atoms with Gasteiger partial charge in [-0.2, -0.15) is 0 Å². The summed E-state index contributed by atoms with van der Waals surface area (Å²) in [6, 6.07) is -4.19. The van der Waals surface area contributed by atoms with Crippen LogP contribution in [0.5, 0.6) is 0 Å². The number of nitrogens with one attached hydrogen (secondary N) is 4. The summed E-state index contributed by atoms with van der Waals surface area (Å²) < 4.78 is 0. The highest BCUT2D eigenvalue weighted by Crippen LogP contribution is 2.65. The maximum atomic E-state index is 14.4. The molecule has 3 fully saturated rings. The second kappa shape index (κ2) is 15.0. The number of fused-ring (bicyclic) bond motifs is 1. The minimum atomic E-state index is -1.04. The van der Waals surface area contributed by atoms with Gasteiger partial charge in [0.1, 0.15) is 12.1 Å². The fourth-order valence-electron chi connectivity index (χ4n) is 7.43. The fourth-order valence-corrected chi connectivity index (χ4v) is 7.43. The first-order chi connectivity index (χ1) is 22.9. The number of piperidine rings is 2. The molecule has 0 aromatic carbocycles. The van der Waals surface area contributed by atoms with Crippen molar-refractivity contribution in [3.8, 4) is 0 Å². The molecular weight excluding hydrogens is 640 g/mol. The molecule has 0 bridgehead atoms. The van der Waals surface area contributed by atoms with E-state index in [0.717, 1.165) is 6.42 Å². The Morgan fingerprint density at radius 2 is 1.44 bits per heavy atom. The van der Waals surface area contributed by atoms with Crippen LogP contribution in [0.15, 0.2) is 0 Å². The van der Waals surface area contributed by atoms with Crippen LogP contribution in [0.3, 0.4) is 0 Å². The Morgan fingerprint density at radius 3 is 1.94 bits per heavy atom. The summed E-state index contributed by atoms with van der Waals surface area (Å²) in [5, 5.41) is 11.1. The summed E-state index contributed by atoms with van der Waals surface area (Å²) in [7, 11) is 0. The predicted molar refractivity (Wildman–Crippen MR) is 189 cm³/mol. The molecule has 282 valence electrons. The van der Waals surface area contributed by atoms with E-state index in [1.807, 2.05) is 62.3 Å². The topological polar surface area (TPSA) is 174 Å². The zero-order valence-electron chi connectivity index (χ0n) is 32.4. The predicted octanol–water partition coefficient (Wildman–Crippen LogP) is 3.15. The molecule has 1 aliphatic carbocycles. The van der Waals surface area contributed by atoms with Crippen LogP contribution in [-0.4, -0.2) is 95.0 Å². The molecule has 2 saturated heterocycles. The number of carbonyl (C=O) groups excluding carboxylic acids is 7. The highest BCUT2D eigenvalue weighted by atomic mass is 16.2. The van der Waals surface area contributed by atoms with Gasteiger partial charge < -0.3 is 26.2 Å². The number of imide groups is 1. The SMILES string of the molecule is CCCCC(NC(=O)[C@@H]1[C@@H]2[C@H](CN1C(=O)[C@@H](NC(=O)N[C@H](CN1C(=O)CC(C)(C)CC1=O)C(C)(C)C)C(C)(C)C)C2(C)C)C(=O)C(=O)NCC. The van der Waals surface area contributed by atoms with Crippen molar-refractivity contribution in [2.75, 3.05) is 19.6 Å². The van der Waals surface area contributed by atoms with Gasteiger partial charge in [0.25, 0.3) is 5.91 Å². The largest absolute Gasteiger partial charge is 0.350 e. The van der Waals surface area contributed by atoms with Gasteiger partial charge in [0, 0.05) is 32.5 Å². The number of Topliss-reactive ketones (excluding diaryl/α,β-unsaturated/α-hetero) is 1. The lowest BCUT2D eigenvalue weighted by molar-refractivity contribution is -0.153. The molecule has 1 unspecified atom stereocenters. The molecule has 0 aromatic heterocycles. The average Bonchev–Trinajstić information content (AvgIpc) is 3.29. The molecule has 3 rings (SSSR count). The number of amides is 7. The molecule has 7 amide bonds. The lowest BCUT2D eigenvalue weighted by atomic mass is 9.80. The van der Waals surface area contributed by atoms with Gasteiger partial charge in [-0.25, -0.2) is 4.79 Å². The highest BCUT2D eigenvalue weighted by Gasteiger charge is 2.70. The monoisotopic (exact) mass is 702 g/mol. The van der Waals surface area contributed by atoms with E-state index in [4.69, 9.17) is 0 Å². The van der Waals surface area contributed by atoms with E-state index in [-0.39, 0.29) is 55.0 Å². The number of hydrogen-bond acceptors (Lipinski definition) is 7. The maximum absolute atomic E-state index is 14.4. The van der Waals surface area contributed by atoms with Crippen LogP contribution in [0, 0.1) is 33.5 Å². The van der Waals surface area contributed by atoms with Crippen LogP contribution in [0.4, 0.5) is 4.79 Å². The quantitative estimate of drug-likeness (QED) is 0.169. The lowest BCUT2D eigenvalue weighted by Crippen LogP contribution is -2.63. The molecule has 2 aliphatic heterocycles. The third-order valence-corrected chi connectivity index (χ3v) is 10.8. The second-order valence-electron chi connectivity index (χ2n) is 18.1. The van der Waals surface area contributed by atoms with Gasteiger partial charge in [-0.05, 0) is 46.8 Å². The molecule has 13 nitrogen and oxygen atoms in total. The number of nitrogens with zero attached hydrogens (tertiary/aromatic N) is 2. The zero-order valence-corrected chi connectivity index (χ0v) is 32.4. The van der Waals surface area contributed by atoms with Crippen molar-refractivity contribution in [1.29, 1.82) is 0 Å². The Morgan fingerprint density at radius 1 is 0.860 bits per heavy atom. The van der Waals surface area contributed by atoms with Crippen molar-refractivity contribution in [2.45, 2.75) is 139 Å². The summed E-state index contributed by atoms with van der Waals surface area (Å²) in [6.07, 6.45) is 2.14. The van der Waals surface area contributed by atoms with Crippen molar-refractivity contribution in [2.24, 2.45) is 33.5 Å². The Bertz CT molecular complexity index is 1340. The van der Waals surface area contributed by atoms with Gasteiger partial charge in [0.15, 0.2) is 0 Å². The van der Waals surface area contributed by atoms with Gasteiger partial charge in [-0.3, -0.25) is 33.7 Å². The van der Waals surface area contributed by atoms with E-state index in [0.29, 0.717) is 19.4 Å². The smallest absolute Gasteiger partial charge is 0.315 e. The van der Waals surface area contributed by atoms with Gasteiger partial charge in [-0.15, -0.1) is 0 Å². The Labute approximate surface area is 298 Å². The molecule has 0 spiro atoms. The highest BCUT2D eigenvalue weighted by molar-refractivity contribution is 6.38. The van der Waals surface area contributed by atoms with Gasteiger partial charge in [0.2, 0.25) is 29.4 Å². The molecule has 1 saturated carbocycles. The number of rotatable bonds is 13. The fraction of sp³-hybridized carbons (Fsp3) is 0.811. The van der Waals surface area contributed by atoms with E-state index in [1.165, 1.54) is 9.80 Å². The van der Waals surface area contributed by atoms with Crippen molar-refractivity contribution >= 4 is 41.4 Å². The standard InChI is InChI=1S/C37H62N6O7/c1-13-15-16-22(28(46)31(48)38-14-2)39-30(47)27-26-21(37(26,11)12)19-43(27)32(49)29(35(6,7)8)41-33(50)40-23(34(3,4)5)20-42-24(44)17-36(9,10)18-25(42)45/h21-23,26-27,29H,13-20H2,1-12H3,(H,38,48)(H,39,47)(H2,40,41,50)/t21-,22?,23+,26-,27-,29+/m0/s1. The molecule has 0 aromatic rings. The van der Waals surface area contributed by atoms with Crippen LogP contribution in [-0.2, 0) is 28.8 Å². The minimum absolute atomic E-state index is 0.000191. The molecule has 4 N–H and O–H groups in total. The Balaban J connectivity index is 1.83. The summed E-state index contributed by atoms with van der Waals surface area (Å²) in [6.45, 7) is 23.3. The molecule has 6 atom stereocenters. The first-order valence-electron chi connectivity index (χ1n) is 18.2. The summed E-state index contributed by atoms with van der Waals surface area (Å²) in [5.74, 6) is -3.04. The Kier molecular flexibility index (Phi) is 12.3. The number of unbranched alkanes of at least 4 members (excludes halogenated alkanes) is 1. The number of likely N-dealkylation sites (tertiary alicyclic amines) is 2. The maximum Gasteiger partial charge on any atom is 0.315 e. The third-order valence-electron chi connectivity index (χ3n) is 10.8. The van der Waals surface area contributed by atoms with E-state index >= 15 is 0 Å². The van der Waals surface area contributed by atoms with E-state index < -0.39 is 69.9 Å². The molecule has 2 heterocycles. The van der Waals surface area contributed by atoms with Crippen molar-refractivity contribution in [3.05, 3.63) is 0 Å². The van der Waals surface area contributed by atoms with Gasteiger partial charge in [-0.1, -0.05) is 89.0 Å². The van der Waals surface area contributed by atoms with Crippen LogP contribution < -0.4 is 21.3 Å². The van der Waals surface area contributed by atoms with Crippen molar-refractivity contribution < 1.29 is 33.6 Å². The van der Waals surface area contributed by atoms with E-state index in [9.17, 15) is 33.6 Å². The first-order valence-corrected chi connectivity index (χ1v) is 18.2. The van der Waals surface area contributed by atoms with Crippen molar-refractivity contribution in [3.63, 3.8) is 0 Å². The number of urea groups is 1. The number of carbonyl (C=O) groups is 7. The van der Waals surface area contributed by atoms with Gasteiger partial charge >= 0.3 is 6.03 Å². The number of likely N-dealkylation sites (N-methyl/N-ethyl adjacent to an activating group) is 1. The summed E-state index contributed by atoms with van der Waals surface area (Å²) in [5.41, 5.74) is -1.95.